The van der Waals surface area contributed by atoms with E-state index in [2.05, 4.69) is 11.7 Å². The van der Waals surface area contributed by atoms with Crippen molar-refractivity contribution in [2.24, 2.45) is 7.05 Å². The number of halogens is 2. The molecule has 9 nitrogen and oxygen atoms in total. The molecule has 2 aliphatic rings. The summed E-state index contributed by atoms with van der Waals surface area (Å²) in [5.41, 5.74) is 1.37. The number of carbonyl (C=O) groups is 2. The number of fused-ring (bicyclic) bond motifs is 2. The molecule has 1 saturated heterocycles. The van der Waals surface area contributed by atoms with Gasteiger partial charge in [-0.05, 0) is 24.1 Å². The minimum Gasteiger partial charge on any atom is -0.507 e. The maximum absolute atomic E-state index is 15.0. The third kappa shape index (κ3) is 4.18. The molecule has 0 unspecified atom stereocenters. The lowest BCUT2D eigenvalue weighted by Gasteiger charge is -2.39. The van der Waals surface area contributed by atoms with Crippen LogP contribution < -0.4 is 4.74 Å². The quantitative estimate of drug-likeness (QED) is 0.503. The van der Waals surface area contributed by atoms with Crippen molar-refractivity contribution in [1.29, 1.82) is 0 Å². The number of carbonyl (C=O) groups excluding carboxylic acids is 2. The summed E-state index contributed by atoms with van der Waals surface area (Å²) >= 11 is 6.77. The Morgan fingerprint density at radius 1 is 1.29 bits per heavy atom. The Hall–Kier alpha value is -3.92. The van der Waals surface area contributed by atoms with Crippen LogP contribution in [0.3, 0.4) is 0 Å². The van der Waals surface area contributed by atoms with Gasteiger partial charge in [0.2, 0.25) is 5.91 Å². The molecule has 0 bridgehead atoms. The molecule has 1 aromatic carbocycles. The van der Waals surface area contributed by atoms with Crippen molar-refractivity contribution in [2.75, 3.05) is 26.2 Å². The van der Waals surface area contributed by atoms with E-state index in [4.69, 9.17) is 21.3 Å². The van der Waals surface area contributed by atoms with E-state index in [0.717, 1.165) is 0 Å². The first-order valence-electron chi connectivity index (χ1n) is 12.2. The molecule has 1 atom stereocenters. The highest BCUT2D eigenvalue weighted by Crippen LogP contribution is 2.46. The summed E-state index contributed by atoms with van der Waals surface area (Å²) in [6.07, 6.45) is 2.98. The number of hydrogen-bond acceptors (Lipinski definition) is 6. The summed E-state index contributed by atoms with van der Waals surface area (Å²) in [6.45, 7) is 8.41. The minimum absolute atomic E-state index is 0.0207. The van der Waals surface area contributed by atoms with Crippen LogP contribution in [0.25, 0.3) is 22.5 Å². The second kappa shape index (κ2) is 9.75. The Balaban J connectivity index is 1.75. The van der Waals surface area contributed by atoms with Crippen LogP contribution in [0.2, 0.25) is 5.02 Å². The molecule has 0 spiro atoms. The third-order valence-electron chi connectivity index (χ3n) is 6.85. The number of rotatable bonds is 4. The summed E-state index contributed by atoms with van der Waals surface area (Å²) < 4.78 is 22.8. The first kappa shape index (κ1) is 25.7. The van der Waals surface area contributed by atoms with Gasteiger partial charge in [0.25, 0.3) is 5.91 Å². The highest BCUT2D eigenvalue weighted by Gasteiger charge is 2.40. The molecule has 1 fully saturated rings. The fraction of sp³-hybridized carbons (Fsp3) is 0.333. The Labute approximate surface area is 224 Å². The molecule has 0 saturated carbocycles. The number of nitrogens with zero attached hydrogens (tertiary/aromatic N) is 5. The lowest BCUT2D eigenvalue weighted by atomic mass is 9.97. The average Bonchev–Trinajstić information content (AvgIpc) is 3.22. The molecule has 0 radical (unpaired) electrons. The zero-order valence-electron chi connectivity index (χ0n) is 21.2. The van der Waals surface area contributed by atoms with E-state index < -0.39 is 11.9 Å². The molecular weight excluding hydrogens is 513 g/mol. The van der Waals surface area contributed by atoms with Crippen molar-refractivity contribution in [2.45, 2.75) is 25.8 Å². The van der Waals surface area contributed by atoms with Crippen LogP contribution in [0.1, 0.15) is 35.8 Å². The largest absolute Gasteiger partial charge is 0.507 e. The fourth-order valence-electron chi connectivity index (χ4n) is 5.02. The molecule has 1 N–H and O–H groups in total. The molecule has 198 valence electrons. The first-order chi connectivity index (χ1) is 18.1. The molecule has 2 aromatic heterocycles. The molecule has 11 heteroatoms. The number of pyridine rings is 1. The summed E-state index contributed by atoms with van der Waals surface area (Å²) in [7, 11) is 1.76. The van der Waals surface area contributed by atoms with Crippen molar-refractivity contribution in [3.63, 3.8) is 0 Å². The van der Waals surface area contributed by atoms with Gasteiger partial charge in [-0.3, -0.25) is 14.3 Å². The van der Waals surface area contributed by atoms with Crippen LogP contribution in [0.15, 0.2) is 37.1 Å². The van der Waals surface area contributed by atoms with E-state index in [1.54, 1.807) is 27.7 Å². The zero-order valence-corrected chi connectivity index (χ0v) is 22.0. The standard InChI is InChI=1S/C27H27ClFN5O4/c1-5-19(36)33-9-10-34-15(11-33)13-38-26-21(27(34)37)24(16-12-32(4)31-23(16)14(2)3)30-25(22(26)28)20-17(29)7-6-8-18(20)35/h5-8,12,14-15,35H,1,9-11,13H2,2-4H3/t15-/m1/s1. The molecule has 2 amide bonds. The predicted octanol–water partition coefficient (Wildman–Crippen LogP) is 4.00. The average molecular weight is 540 g/mol. The van der Waals surface area contributed by atoms with Gasteiger partial charge < -0.3 is 19.6 Å². The summed E-state index contributed by atoms with van der Waals surface area (Å²) in [4.78, 5) is 34.3. The van der Waals surface area contributed by atoms with Crippen molar-refractivity contribution in [3.05, 3.63) is 59.1 Å². The number of aromatic nitrogens is 3. The van der Waals surface area contributed by atoms with Crippen LogP contribution in [0.5, 0.6) is 11.5 Å². The van der Waals surface area contributed by atoms with Crippen molar-refractivity contribution in [3.8, 4) is 34.0 Å². The van der Waals surface area contributed by atoms with Gasteiger partial charge in [0.1, 0.15) is 34.5 Å². The maximum Gasteiger partial charge on any atom is 0.260 e. The number of hydrogen-bond donors (Lipinski definition) is 1. The molecular formula is C27H27ClFN5O4. The Morgan fingerprint density at radius 2 is 2.05 bits per heavy atom. The van der Waals surface area contributed by atoms with Gasteiger partial charge in [-0.1, -0.05) is 38.1 Å². The van der Waals surface area contributed by atoms with Gasteiger partial charge in [0.15, 0.2) is 5.75 Å². The summed E-state index contributed by atoms with van der Waals surface area (Å²) in [6, 6.07) is 3.46. The monoisotopic (exact) mass is 539 g/mol. The lowest BCUT2D eigenvalue weighted by Crippen LogP contribution is -2.57. The van der Waals surface area contributed by atoms with Crippen LogP contribution >= 0.6 is 11.6 Å². The molecule has 3 aromatic rings. The van der Waals surface area contributed by atoms with Gasteiger partial charge in [0, 0.05) is 38.4 Å². The van der Waals surface area contributed by atoms with Gasteiger partial charge in [-0.2, -0.15) is 5.10 Å². The van der Waals surface area contributed by atoms with E-state index in [0.29, 0.717) is 17.8 Å². The molecule has 2 aliphatic heterocycles. The van der Waals surface area contributed by atoms with E-state index in [1.807, 2.05) is 13.8 Å². The van der Waals surface area contributed by atoms with Gasteiger partial charge in [-0.15, -0.1) is 0 Å². The van der Waals surface area contributed by atoms with Crippen LogP contribution in [0.4, 0.5) is 4.39 Å². The fourth-order valence-corrected chi connectivity index (χ4v) is 5.30. The van der Waals surface area contributed by atoms with Crippen LogP contribution in [-0.4, -0.2) is 73.8 Å². The van der Waals surface area contributed by atoms with Crippen LogP contribution in [0, 0.1) is 5.82 Å². The van der Waals surface area contributed by atoms with E-state index >= 15 is 4.39 Å². The SMILES string of the molecule is C=CC(=O)N1CCN2C(=O)c3c(-c4cn(C)nc4C(C)C)nc(-c4c(O)cccc4F)c(Cl)c3OC[C@H]2C1. The number of aryl methyl sites for hydroxylation is 1. The van der Waals surface area contributed by atoms with E-state index in [9.17, 15) is 14.7 Å². The second-order valence-corrected chi connectivity index (χ2v) is 10.0. The highest BCUT2D eigenvalue weighted by atomic mass is 35.5. The van der Waals surface area contributed by atoms with Gasteiger partial charge >= 0.3 is 0 Å². The van der Waals surface area contributed by atoms with Crippen molar-refractivity contribution in [1.82, 2.24) is 24.6 Å². The summed E-state index contributed by atoms with van der Waals surface area (Å²) in [5, 5.41) is 15.0. The minimum atomic E-state index is -0.725. The smallest absolute Gasteiger partial charge is 0.260 e. The highest BCUT2D eigenvalue weighted by molar-refractivity contribution is 6.35. The number of benzene rings is 1. The topological polar surface area (TPSA) is 101 Å². The number of piperazine rings is 1. The normalized spacial score (nSPS) is 17.1. The number of aromatic hydroxyl groups is 1. The predicted molar refractivity (Wildman–Crippen MR) is 140 cm³/mol. The van der Waals surface area contributed by atoms with Crippen molar-refractivity contribution >= 4 is 23.4 Å². The van der Waals surface area contributed by atoms with Crippen molar-refractivity contribution < 1.29 is 23.8 Å². The van der Waals surface area contributed by atoms with Gasteiger partial charge in [0.05, 0.1) is 23.0 Å². The number of amides is 2. The maximum atomic E-state index is 15.0. The molecule has 0 aliphatic carbocycles. The Morgan fingerprint density at radius 3 is 2.74 bits per heavy atom. The first-order valence-corrected chi connectivity index (χ1v) is 12.6. The third-order valence-corrected chi connectivity index (χ3v) is 7.20. The lowest BCUT2D eigenvalue weighted by molar-refractivity contribution is -0.128. The second-order valence-electron chi connectivity index (χ2n) is 9.67. The number of phenols is 1. The Bertz CT molecular complexity index is 1450. The van der Waals surface area contributed by atoms with E-state index in [-0.39, 0.29) is 76.5 Å². The molecule has 38 heavy (non-hydrogen) atoms. The molecule has 5 rings (SSSR count). The summed E-state index contributed by atoms with van der Waals surface area (Å²) in [5.74, 6) is -1.64. The van der Waals surface area contributed by atoms with Crippen LogP contribution in [-0.2, 0) is 11.8 Å². The number of phenolic OH excluding ortho intramolecular Hbond substituents is 1. The number of ether oxygens (including phenoxy) is 1. The molecule has 4 heterocycles. The zero-order chi connectivity index (χ0) is 27.3. The van der Waals surface area contributed by atoms with Gasteiger partial charge in [-0.25, -0.2) is 9.37 Å². The van der Waals surface area contributed by atoms with E-state index in [1.165, 1.54) is 24.3 Å². The Kier molecular flexibility index (Phi) is 6.60.